The fourth-order valence-electron chi connectivity index (χ4n) is 1.90. The van der Waals surface area contributed by atoms with Crippen molar-refractivity contribution in [3.05, 3.63) is 35.4 Å². The number of nitrogens with zero attached hydrogens (tertiary/aromatic N) is 2. The number of Topliss-reactive ketones (excluding diaryl/α,β-unsaturated/α-hetero) is 1. The highest BCUT2D eigenvalue weighted by atomic mass is 16.2. The maximum Gasteiger partial charge on any atom is 0.271 e. The number of carbonyl (C=O) groups is 2. The molecule has 0 heterocycles. The largest absolute Gasteiger partial charge is 0.292 e. The first-order valence-corrected chi connectivity index (χ1v) is 8.91. The first kappa shape index (κ1) is 21.7. The number of aliphatic imine (C=N–C) groups is 1. The summed E-state index contributed by atoms with van der Waals surface area (Å²) in [6, 6.07) is 6.63. The molecule has 1 rings (SSSR count). The summed E-state index contributed by atoms with van der Waals surface area (Å²) < 4.78 is 0. The first-order valence-electron chi connectivity index (χ1n) is 8.91. The van der Waals surface area contributed by atoms with Crippen LogP contribution in [-0.4, -0.2) is 30.7 Å². The van der Waals surface area contributed by atoms with E-state index in [0.29, 0.717) is 11.1 Å². The number of carbonyl (C=O) groups excluding carboxylic acids is 2. The molecular weight excluding hydrogens is 326 g/mol. The molecule has 0 atom stereocenters. The number of benzene rings is 1. The van der Waals surface area contributed by atoms with Gasteiger partial charge in [-0.3, -0.25) is 14.6 Å². The van der Waals surface area contributed by atoms with E-state index in [1.807, 2.05) is 0 Å². The van der Waals surface area contributed by atoms with E-state index < -0.39 is 0 Å². The molecule has 1 aromatic rings. The van der Waals surface area contributed by atoms with Crippen molar-refractivity contribution in [1.82, 2.24) is 5.43 Å². The van der Waals surface area contributed by atoms with Gasteiger partial charge in [0.1, 0.15) is 6.54 Å². The van der Waals surface area contributed by atoms with Crippen molar-refractivity contribution in [3.8, 4) is 0 Å². The van der Waals surface area contributed by atoms with Crippen molar-refractivity contribution >= 4 is 24.1 Å². The van der Waals surface area contributed by atoms with E-state index in [-0.39, 0.29) is 29.1 Å². The van der Waals surface area contributed by atoms with Gasteiger partial charge in [-0.15, -0.1) is 0 Å². The molecule has 0 aliphatic heterocycles. The molecule has 0 unspecified atom stereocenters. The molecule has 0 bridgehead atoms. The second kappa shape index (κ2) is 9.41. The van der Waals surface area contributed by atoms with E-state index in [2.05, 4.69) is 57.1 Å². The van der Waals surface area contributed by atoms with Gasteiger partial charge in [-0.2, -0.15) is 5.10 Å². The third-order valence-corrected chi connectivity index (χ3v) is 3.48. The number of ketones is 1. The van der Waals surface area contributed by atoms with Crippen LogP contribution in [0.1, 0.15) is 75.1 Å². The maximum atomic E-state index is 12.2. The van der Waals surface area contributed by atoms with Crippen LogP contribution in [0.15, 0.2) is 34.4 Å². The summed E-state index contributed by atoms with van der Waals surface area (Å²) in [5, 5.41) is 3.96. The second-order valence-electron chi connectivity index (χ2n) is 8.81. The number of hydrogen-bond donors (Lipinski definition) is 1. The molecular formula is C21H31N3O2. The predicted molar refractivity (Wildman–Crippen MR) is 108 cm³/mol. The lowest BCUT2D eigenvalue weighted by Crippen LogP contribution is -2.19. The molecule has 0 saturated carbocycles. The highest BCUT2D eigenvalue weighted by Crippen LogP contribution is 2.16. The minimum absolute atomic E-state index is 0.0882. The number of hydrogen-bond acceptors (Lipinski definition) is 4. The van der Waals surface area contributed by atoms with Crippen molar-refractivity contribution in [1.29, 1.82) is 0 Å². The average Bonchev–Trinajstić information content (AvgIpc) is 2.53. The van der Waals surface area contributed by atoms with Gasteiger partial charge in [0.2, 0.25) is 0 Å². The van der Waals surface area contributed by atoms with Gasteiger partial charge < -0.3 is 0 Å². The van der Waals surface area contributed by atoms with Gasteiger partial charge in [-0.05, 0) is 42.0 Å². The molecule has 1 N–H and O–H groups in total. The Morgan fingerprint density at radius 3 is 2.15 bits per heavy atom. The fourth-order valence-corrected chi connectivity index (χ4v) is 1.90. The Hall–Kier alpha value is -2.30. The van der Waals surface area contributed by atoms with Crippen molar-refractivity contribution in [2.45, 2.75) is 54.4 Å². The summed E-state index contributed by atoms with van der Waals surface area (Å²) in [6.07, 6.45) is 5.06. The topological polar surface area (TPSA) is 70.9 Å². The zero-order valence-electron chi connectivity index (χ0n) is 16.8. The van der Waals surface area contributed by atoms with Gasteiger partial charge in [0, 0.05) is 17.3 Å². The van der Waals surface area contributed by atoms with Gasteiger partial charge in [-0.1, -0.05) is 53.7 Å². The molecule has 0 aromatic heterocycles. The minimum atomic E-state index is -0.332. The van der Waals surface area contributed by atoms with E-state index in [0.717, 1.165) is 12.8 Å². The normalized spacial score (nSPS) is 12.7. The van der Waals surface area contributed by atoms with Crippen LogP contribution in [0, 0.1) is 10.8 Å². The van der Waals surface area contributed by atoms with Gasteiger partial charge in [0.25, 0.3) is 5.91 Å². The number of hydrazone groups is 1. The van der Waals surface area contributed by atoms with Crippen LogP contribution in [0.2, 0.25) is 0 Å². The summed E-state index contributed by atoms with van der Waals surface area (Å²) >= 11 is 0. The third kappa shape index (κ3) is 9.25. The van der Waals surface area contributed by atoms with Crippen LogP contribution in [-0.2, 0) is 0 Å². The summed E-state index contributed by atoms with van der Waals surface area (Å²) in [7, 11) is 0. The van der Waals surface area contributed by atoms with Crippen LogP contribution in [0.25, 0.3) is 0 Å². The molecule has 5 nitrogen and oxygen atoms in total. The minimum Gasteiger partial charge on any atom is -0.292 e. The van der Waals surface area contributed by atoms with Crippen LogP contribution in [0.4, 0.5) is 0 Å². The smallest absolute Gasteiger partial charge is 0.271 e. The zero-order valence-corrected chi connectivity index (χ0v) is 16.8. The Morgan fingerprint density at radius 2 is 1.54 bits per heavy atom. The van der Waals surface area contributed by atoms with E-state index in [9.17, 15) is 9.59 Å². The lowest BCUT2D eigenvalue weighted by molar-refractivity contribution is 0.0955. The maximum absolute atomic E-state index is 12.2. The van der Waals surface area contributed by atoms with Crippen LogP contribution < -0.4 is 5.43 Å². The number of rotatable bonds is 7. The molecule has 0 fully saturated rings. The fraction of sp³-hybridized carbons (Fsp3) is 0.524. The molecule has 142 valence electrons. The summed E-state index contributed by atoms with van der Waals surface area (Å²) in [4.78, 5) is 28.6. The zero-order chi connectivity index (χ0) is 19.8. The van der Waals surface area contributed by atoms with Crippen molar-refractivity contribution < 1.29 is 9.59 Å². The molecule has 0 aliphatic carbocycles. The lowest BCUT2D eigenvalue weighted by Gasteiger charge is -2.13. The van der Waals surface area contributed by atoms with Crippen molar-refractivity contribution in [2.75, 3.05) is 6.54 Å². The molecule has 1 aromatic carbocycles. The lowest BCUT2D eigenvalue weighted by atomic mass is 9.93. The van der Waals surface area contributed by atoms with Crippen molar-refractivity contribution in [2.24, 2.45) is 20.9 Å². The molecule has 0 saturated heterocycles. The average molecular weight is 357 g/mol. The molecule has 0 radical (unpaired) electrons. The van der Waals surface area contributed by atoms with E-state index in [1.54, 1.807) is 36.7 Å². The SMILES string of the molecule is CC(C)(C)CC=NCC(=O)c1cccc(C(=O)N/N=C/CC(C)(C)C)c1. The van der Waals surface area contributed by atoms with Gasteiger partial charge in [0.05, 0.1) is 0 Å². The van der Waals surface area contributed by atoms with Crippen LogP contribution in [0.3, 0.4) is 0 Å². The highest BCUT2D eigenvalue weighted by molar-refractivity contribution is 6.01. The standard InChI is InChI=1S/C21H31N3O2/c1-20(2,3)10-12-22-15-18(25)16-8-7-9-17(14-16)19(26)24-23-13-11-21(4,5)6/h7-9,12-14H,10-11,15H2,1-6H3,(H,24,26)/b22-12?,23-13+. The summed E-state index contributed by atoms with van der Waals surface area (Å²) in [5.74, 6) is -0.443. The predicted octanol–water partition coefficient (Wildman–Crippen LogP) is 4.53. The molecule has 0 aliphatic rings. The number of amides is 1. The van der Waals surface area contributed by atoms with Crippen molar-refractivity contribution in [3.63, 3.8) is 0 Å². The summed E-state index contributed by atoms with van der Waals surface area (Å²) in [6.45, 7) is 12.7. The summed E-state index contributed by atoms with van der Waals surface area (Å²) in [5.41, 5.74) is 3.65. The Morgan fingerprint density at radius 1 is 0.962 bits per heavy atom. The third-order valence-electron chi connectivity index (χ3n) is 3.48. The molecule has 0 spiro atoms. The quantitative estimate of drug-likeness (QED) is 0.442. The van der Waals surface area contributed by atoms with E-state index >= 15 is 0 Å². The second-order valence-corrected chi connectivity index (χ2v) is 8.81. The van der Waals surface area contributed by atoms with Gasteiger partial charge in [-0.25, -0.2) is 5.43 Å². The Balaban J connectivity index is 2.63. The number of nitrogens with one attached hydrogen (secondary N) is 1. The first-order chi connectivity index (χ1) is 12.0. The highest BCUT2D eigenvalue weighted by Gasteiger charge is 2.11. The Kier molecular flexibility index (Phi) is 7.87. The Bertz CT molecular complexity index is 622. The molecule has 26 heavy (non-hydrogen) atoms. The van der Waals surface area contributed by atoms with E-state index in [4.69, 9.17) is 0 Å². The van der Waals surface area contributed by atoms with Crippen LogP contribution in [0.5, 0.6) is 0 Å². The molecule has 5 heteroatoms. The van der Waals surface area contributed by atoms with Gasteiger partial charge in [0.15, 0.2) is 5.78 Å². The monoisotopic (exact) mass is 357 g/mol. The van der Waals surface area contributed by atoms with Crippen LogP contribution >= 0.6 is 0 Å². The Labute approximate surface area is 157 Å². The van der Waals surface area contributed by atoms with E-state index in [1.165, 1.54) is 0 Å². The van der Waals surface area contributed by atoms with Gasteiger partial charge >= 0.3 is 0 Å². The molecule has 1 amide bonds.